The average molecular weight is 194 g/mol. The number of rotatable bonds is 3. The summed E-state index contributed by atoms with van der Waals surface area (Å²) in [6.45, 7) is 7.65. The van der Waals surface area contributed by atoms with Crippen molar-refractivity contribution in [2.45, 2.75) is 39.3 Å². The summed E-state index contributed by atoms with van der Waals surface area (Å²) in [6, 6.07) is 3.91. The molecule has 0 aromatic carbocycles. The van der Waals surface area contributed by atoms with E-state index in [1.165, 1.54) is 0 Å². The predicted octanol–water partition coefficient (Wildman–Crippen LogP) is 1.96. The molecular weight excluding hydrogens is 176 g/mol. The Kier molecular flexibility index (Phi) is 3.11. The molecule has 0 amide bonds. The highest BCUT2D eigenvalue weighted by atomic mass is 16.3. The second kappa shape index (κ2) is 3.96. The van der Waals surface area contributed by atoms with Crippen LogP contribution >= 0.6 is 0 Å². The van der Waals surface area contributed by atoms with Crippen LogP contribution in [0.1, 0.15) is 26.3 Å². The zero-order valence-electron chi connectivity index (χ0n) is 9.20. The second-order valence-electron chi connectivity index (χ2n) is 4.24. The smallest absolute Gasteiger partial charge is 0.126 e. The number of hydrogen-bond donors (Lipinski definition) is 2. The molecule has 0 radical (unpaired) electrons. The minimum absolute atomic E-state index is 0.359. The quantitative estimate of drug-likeness (QED) is 0.773. The molecule has 0 aliphatic rings. The first-order chi connectivity index (χ1) is 6.42. The van der Waals surface area contributed by atoms with Crippen molar-refractivity contribution < 1.29 is 5.11 Å². The van der Waals surface area contributed by atoms with E-state index in [1.807, 2.05) is 32.9 Å². The van der Waals surface area contributed by atoms with Gasteiger partial charge in [0.2, 0.25) is 0 Å². The Morgan fingerprint density at radius 1 is 1.43 bits per heavy atom. The molecule has 0 aliphatic heterocycles. The number of aryl methyl sites for hydroxylation is 1. The Balaban J connectivity index is 2.74. The zero-order chi connectivity index (χ0) is 10.8. The molecule has 0 aliphatic carbocycles. The van der Waals surface area contributed by atoms with Crippen LogP contribution in [0.2, 0.25) is 0 Å². The van der Waals surface area contributed by atoms with Gasteiger partial charge in [0.25, 0.3) is 0 Å². The summed E-state index contributed by atoms with van der Waals surface area (Å²) in [5.74, 6) is 0.793. The third kappa shape index (κ3) is 2.70. The number of aliphatic hydroxyl groups excluding tert-OH is 1. The fourth-order valence-corrected chi connectivity index (χ4v) is 0.976. The lowest BCUT2D eigenvalue weighted by Gasteiger charge is -2.29. The molecule has 1 aromatic heterocycles. The molecule has 14 heavy (non-hydrogen) atoms. The summed E-state index contributed by atoms with van der Waals surface area (Å²) in [5.41, 5.74) is 0.771. The lowest BCUT2D eigenvalue weighted by atomic mass is 9.99. The highest BCUT2D eigenvalue weighted by molar-refractivity contribution is 5.38. The van der Waals surface area contributed by atoms with Crippen LogP contribution in [0, 0.1) is 6.92 Å². The molecule has 2 N–H and O–H groups in total. The summed E-state index contributed by atoms with van der Waals surface area (Å²) in [6.07, 6.45) is 1.38. The van der Waals surface area contributed by atoms with Crippen LogP contribution in [0.25, 0.3) is 0 Å². The highest BCUT2D eigenvalue weighted by Gasteiger charge is 2.23. The van der Waals surface area contributed by atoms with Crippen LogP contribution in [-0.4, -0.2) is 21.7 Å². The number of nitrogens with one attached hydrogen (secondary N) is 1. The van der Waals surface area contributed by atoms with Crippen molar-refractivity contribution in [2.24, 2.45) is 0 Å². The molecule has 3 nitrogen and oxygen atoms in total. The number of anilines is 1. The summed E-state index contributed by atoms with van der Waals surface area (Å²) >= 11 is 0. The third-order valence-corrected chi connectivity index (χ3v) is 2.41. The monoisotopic (exact) mass is 194 g/mol. The number of hydrogen-bond acceptors (Lipinski definition) is 3. The molecule has 0 saturated heterocycles. The number of aliphatic hydroxyl groups is 1. The Morgan fingerprint density at radius 2 is 2.07 bits per heavy atom. The number of aromatic nitrogens is 1. The molecule has 78 valence electrons. The Hall–Kier alpha value is -1.09. The van der Waals surface area contributed by atoms with Crippen LogP contribution in [0.4, 0.5) is 5.82 Å². The predicted molar refractivity (Wildman–Crippen MR) is 58.4 cm³/mol. The van der Waals surface area contributed by atoms with E-state index >= 15 is 0 Å². The Bertz CT molecular complexity index is 291. The molecule has 1 rings (SSSR count). The molecular formula is C11H18N2O. The average Bonchev–Trinajstić information content (AvgIpc) is 2.08. The topological polar surface area (TPSA) is 45.1 Å². The van der Waals surface area contributed by atoms with E-state index in [0.717, 1.165) is 11.4 Å². The van der Waals surface area contributed by atoms with Gasteiger partial charge < -0.3 is 10.4 Å². The first-order valence-electron chi connectivity index (χ1n) is 4.81. The summed E-state index contributed by atoms with van der Waals surface area (Å²) in [5, 5.41) is 12.7. The first-order valence-corrected chi connectivity index (χ1v) is 4.81. The van der Waals surface area contributed by atoms with Gasteiger partial charge in [-0.2, -0.15) is 0 Å². The molecule has 1 atom stereocenters. The van der Waals surface area contributed by atoms with Gasteiger partial charge in [0.15, 0.2) is 0 Å². The van der Waals surface area contributed by atoms with Crippen LogP contribution < -0.4 is 5.32 Å². The van der Waals surface area contributed by atoms with Crippen LogP contribution in [0.5, 0.6) is 0 Å². The lowest BCUT2D eigenvalue weighted by molar-refractivity contribution is 0.133. The minimum Gasteiger partial charge on any atom is -0.391 e. The van der Waals surface area contributed by atoms with E-state index in [2.05, 4.69) is 10.3 Å². The summed E-state index contributed by atoms with van der Waals surface area (Å²) in [7, 11) is 0. The molecule has 0 fully saturated rings. The molecule has 3 heteroatoms. The van der Waals surface area contributed by atoms with Crippen molar-refractivity contribution in [3.8, 4) is 0 Å². The van der Waals surface area contributed by atoms with E-state index in [0.29, 0.717) is 0 Å². The third-order valence-electron chi connectivity index (χ3n) is 2.41. The van der Waals surface area contributed by atoms with Crippen molar-refractivity contribution in [3.63, 3.8) is 0 Å². The molecule has 0 spiro atoms. The zero-order valence-corrected chi connectivity index (χ0v) is 9.20. The van der Waals surface area contributed by atoms with Crippen molar-refractivity contribution >= 4 is 5.82 Å². The number of pyridine rings is 1. The van der Waals surface area contributed by atoms with Gasteiger partial charge in [-0.1, -0.05) is 6.07 Å². The van der Waals surface area contributed by atoms with Gasteiger partial charge in [-0.25, -0.2) is 4.98 Å². The molecule has 0 bridgehead atoms. The van der Waals surface area contributed by atoms with Crippen LogP contribution in [-0.2, 0) is 0 Å². The summed E-state index contributed by atoms with van der Waals surface area (Å²) in [4.78, 5) is 4.22. The van der Waals surface area contributed by atoms with Gasteiger partial charge in [0, 0.05) is 6.20 Å². The van der Waals surface area contributed by atoms with Crippen LogP contribution in [0.15, 0.2) is 18.3 Å². The van der Waals surface area contributed by atoms with E-state index < -0.39 is 6.10 Å². The van der Waals surface area contributed by atoms with Gasteiger partial charge in [0.05, 0.1) is 11.6 Å². The standard InChI is InChI=1S/C11H18N2O/c1-8-5-6-10(12-7-8)13-11(3,4)9(2)14/h5-7,9,14H,1-4H3,(H,12,13). The maximum atomic E-state index is 9.51. The van der Waals surface area contributed by atoms with Crippen LogP contribution in [0.3, 0.4) is 0 Å². The Morgan fingerprint density at radius 3 is 2.50 bits per heavy atom. The van der Waals surface area contributed by atoms with Gasteiger partial charge in [-0.05, 0) is 39.3 Å². The van der Waals surface area contributed by atoms with E-state index in [4.69, 9.17) is 0 Å². The normalized spacial score (nSPS) is 13.8. The highest BCUT2D eigenvalue weighted by Crippen LogP contribution is 2.16. The maximum Gasteiger partial charge on any atom is 0.126 e. The first kappa shape index (κ1) is 11.0. The minimum atomic E-state index is -0.425. The van der Waals surface area contributed by atoms with Gasteiger partial charge in [-0.15, -0.1) is 0 Å². The molecule has 1 aromatic rings. The van der Waals surface area contributed by atoms with Crippen molar-refractivity contribution in [3.05, 3.63) is 23.9 Å². The van der Waals surface area contributed by atoms with Gasteiger partial charge >= 0.3 is 0 Å². The van der Waals surface area contributed by atoms with Crippen molar-refractivity contribution in [1.29, 1.82) is 0 Å². The fraction of sp³-hybridized carbons (Fsp3) is 0.545. The molecule has 1 unspecified atom stereocenters. The van der Waals surface area contributed by atoms with E-state index in [9.17, 15) is 5.11 Å². The van der Waals surface area contributed by atoms with Crippen molar-refractivity contribution in [1.82, 2.24) is 4.98 Å². The van der Waals surface area contributed by atoms with E-state index in [1.54, 1.807) is 13.1 Å². The van der Waals surface area contributed by atoms with Gasteiger partial charge in [-0.3, -0.25) is 0 Å². The fourth-order valence-electron chi connectivity index (χ4n) is 0.976. The van der Waals surface area contributed by atoms with E-state index in [-0.39, 0.29) is 5.54 Å². The lowest BCUT2D eigenvalue weighted by Crippen LogP contribution is -2.42. The second-order valence-corrected chi connectivity index (χ2v) is 4.24. The van der Waals surface area contributed by atoms with Crippen molar-refractivity contribution in [2.75, 3.05) is 5.32 Å². The largest absolute Gasteiger partial charge is 0.391 e. The SMILES string of the molecule is Cc1ccc(NC(C)(C)C(C)O)nc1. The molecule has 1 heterocycles. The molecule has 0 saturated carbocycles. The van der Waals surface area contributed by atoms with Gasteiger partial charge in [0.1, 0.15) is 5.82 Å². The number of nitrogens with zero attached hydrogens (tertiary/aromatic N) is 1. The Labute approximate surface area is 85.2 Å². The summed E-state index contributed by atoms with van der Waals surface area (Å²) < 4.78 is 0. The maximum absolute atomic E-state index is 9.51.